The highest BCUT2D eigenvalue weighted by atomic mass is 32.2. The van der Waals surface area contributed by atoms with E-state index in [1.54, 1.807) is 13.0 Å². The van der Waals surface area contributed by atoms with E-state index in [4.69, 9.17) is 10.4 Å². The van der Waals surface area contributed by atoms with Crippen LogP contribution in [0.4, 0.5) is 8.78 Å². The largest absolute Gasteiger partial charge is 0.478 e. The minimum atomic E-state index is -4.48. The Hall–Kier alpha value is -2.05. The Morgan fingerprint density at radius 3 is 2.57 bits per heavy atom. The number of sulfonamides is 1. The highest BCUT2D eigenvalue weighted by Crippen LogP contribution is 2.20. The van der Waals surface area contributed by atoms with Crippen molar-refractivity contribution >= 4 is 16.0 Å². The number of hydrogen-bond acceptors (Lipinski definition) is 4. The number of hydrogen-bond donors (Lipinski definition) is 2. The number of nitrogens with one attached hydrogen (secondary N) is 1. The molecule has 1 aromatic carbocycles. The van der Waals surface area contributed by atoms with Gasteiger partial charge in [-0.1, -0.05) is 6.92 Å². The summed E-state index contributed by atoms with van der Waals surface area (Å²) in [5, 5.41) is 17.3. The zero-order valence-electron chi connectivity index (χ0n) is 10.9. The fourth-order valence-electron chi connectivity index (χ4n) is 1.55. The summed E-state index contributed by atoms with van der Waals surface area (Å²) < 4.78 is 53.0. The van der Waals surface area contributed by atoms with Crippen LogP contribution in [0.15, 0.2) is 17.0 Å². The maximum Gasteiger partial charge on any atom is 0.335 e. The summed E-state index contributed by atoms with van der Waals surface area (Å²) in [5.41, 5.74) is -0.692. The number of aromatic carboxylic acids is 1. The summed E-state index contributed by atoms with van der Waals surface area (Å²) in [4.78, 5) is 9.68. The Bertz CT molecular complexity index is 698. The van der Waals surface area contributed by atoms with Gasteiger partial charge in [0.25, 0.3) is 0 Å². The normalized spacial score (nSPS) is 12.7. The van der Waals surface area contributed by atoms with Gasteiger partial charge in [-0.3, -0.25) is 0 Å². The zero-order chi connectivity index (χ0) is 16.2. The molecule has 0 heterocycles. The molecular weight excluding hydrogens is 306 g/mol. The van der Waals surface area contributed by atoms with Crippen molar-refractivity contribution in [2.45, 2.75) is 30.7 Å². The maximum atomic E-state index is 13.6. The molecule has 9 heteroatoms. The van der Waals surface area contributed by atoms with Gasteiger partial charge in [0, 0.05) is 6.04 Å². The van der Waals surface area contributed by atoms with E-state index in [0.717, 1.165) is 0 Å². The van der Waals surface area contributed by atoms with Crippen LogP contribution in [0.25, 0.3) is 0 Å². The van der Waals surface area contributed by atoms with Crippen LogP contribution in [-0.2, 0) is 10.0 Å². The number of carbonyl (C=O) groups is 1. The van der Waals surface area contributed by atoms with Crippen LogP contribution in [0.5, 0.6) is 0 Å². The first-order valence-electron chi connectivity index (χ1n) is 5.84. The number of nitriles is 1. The highest BCUT2D eigenvalue weighted by molar-refractivity contribution is 7.89. The molecule has 0 bridgehead atoms. The lowest BCUT2D eigenvalue weighted by Crippen LogP contribution is -2.34. The summed E-state index contributed by atoms with van der Waals surface area (Å²) in [6, 6.07) is 1.90. The van der Waals surface area contributed by atoms with Crippen molar-refractivity contribution in [1.29, 1.82) is 5.26 Å². The van der Waals surface area contributed by atoms with Gasteiger partial charge in [-0.05, 0) is 18.6 Å². The van der Waals surface area contributed by atoms with E-state index >= 15 is 0 Å². The molecule has 1 unspecified atom stereocenters. The molecule has 6 nitrogen and oxygen atoms in total. The predicted molar refractivity (Wildman–Crippen MR) is 67.9 cm³/mol. The molecule has 21 heavy (non-hydrogen) atoms. The molecule has 0 aliphatic rings. The van der Waals surface area contributed by atoms with Crippen molar-refractivity contribution < 1.29 is 27.1 Å². The van der Waals surface area contributed by atoms with Crippen LogP contribution in [0.3, 0.4) is 0 Å². The van der Waals surface area contributed by atoms with Gasteiger partial charge in [0.2, 0.25) is 10.0 Å². The van der Waals surface area contributed by atoms with Crippen molar-refractivity contribution in [3.63, 3.8) is 0 Å². The van der Waals surface area contributed by atoms with E-state index in [1.165, 1.54) is 0 Å². The molecule has 0 spiro atoms. The number of benzene rings is 1. The third-order valence-corrected chi connectivity index (χ3v) is 4.20. The quantitative estimate of drug-likeness (QED) is 0.829. The molecule has 1 atom stereocenters. The van der Waals surface area contributed by atoms with E-state index in [2.05, 4.69) is 0 Å². The van der Waals surface area contributed by atoms with Crippen molar-refractivity contribution in [2.24, 2.45) is 0 Å². The highest BCUT2D eigenvalue weighted by Gasteiger charge is 2.26. The van der Waals surface area contributed by atoms with E-state index in [-0.39, 0.29) is 12.8 Å². The number of nitrogens with zero attached hydrogens (tertiary/aromatic N) is 1. The van der Waals surface area contributed by atoms with Gasteiger partial charge >= 0.3 is 5.97 Å². The van der Waals surface area contributed by atoms with Crippen LogP contribution in [0.2, 0.25) is 0 Å². The summed E-state index contributed by atoms with van der Waals surface area (Å²) in [5.74, 6) is -4.84. The molecule has 0 aliphatic heterocycles. The molecule has 0 saturated carbocycles. The Morgan fingerprint density at radius 2 is 2.10 bits per heavy atom. The number of rotatable bonds is 6. The Balaban J connectivity index is 3.31. The number of halogens is 2. The van der Waals surface area contributed by atoms with Gasteiger partial charge in [0.05, 0.1) is 18.1 Å². The van der Waals surface area contributed by atoms with Crippen LogP contribution < -0.4 is 4.72 Å². The molecule has 0 radical (unpaired) electrons. The molecule has 2 N–H and O–H groups in total. The standard InChI is InChI=1S/C12H12F2N2O4S/c1-2-8(3-4-15)16-21(19,20)10-6-7(12(17)18)5-9(13)11(10)14/h5-6,8,16H,2-3H2,1H3,(H,17,18). The summed E-state index contributed by atoms with van der Waals surface area (Å²) in [6.07, 6.45) is 0.105. The summed E-state index contributed by atoms with van der Waals surface area (Å²) in [7, 11) is -4.48. The topological polar surface area (TPSA) is 107 Å². The smallest absolute Gasteiger partial charge is 0.335 e. The van der Waals surface area contributed by atoms with E-state index in [0.29, 0.717) is 12.1 Å². The Kier molecular flexibility index (Phi) is 5.34. The lowest BCUT2D eigenvalue weighted by Gasteiger charge is -2.15. The average Bonchev–Trinajstić information content (AvgIpc) is 2.40. The molecule has 1 aromatic rings. The van der Waals surface area contributed by atoms with E-state index in [1.807, 2.05) is 4.72 Å². The summed E-state index contributed by atoms with van der Waals surface area (Å²) in [6.45, 7) is 1.61. The number of carboxylic acid groups (broad SMARTS) is 1. The summed E-state index contributed by atoms with van der Waals surface area (Å²) >= 11 is 0. The second-order valence-electron chi connectivity index (χ2n) is 4.16. The van der Waals surface area contributed by atoms with Crippen LogP contribution in [0, 0.1) is 23.0 Å². The van der Waals surface area contributed by atoms with E-state index in [9.17, 15) is 22.0 Å². The van der Waals surface area contributed by atoms with Crippen molar-refractivity contribution in [1.82, 2.24) is 4.72 Å². The Labute approximate surface area is 120 Å². The van der Waals surface area contributed by atoms with Gasteiger partial charge in [-0.15, -0.1) is 0 Å². The first-order chi connectivity index (χ1) is 9.72. The molecule has 0 amide bonds. The SMILES string of the molecule is CCC(CC#N)NS(=O)(=O)c1cc(C(=O)O)cc(F)c1F. The van der Waals surface area contributed by atoms with Crippen LogP contribution in [0.1, 0.15) is 30.1 Å². The second-order valence-corrected chi connectivity index (χ2v) is 5.85. The predicted octanol–water partition coefficient (Wildman–Crippen LogP) is 1.63. The van der Waals surface area contributed by atoms with Crippen molar-refractivity contribution in [2.75, 3.05) is 0 Å². The van der Waals surface area contributed by atoms with Crippen LogP contribution >= 0.6 is 0 Å². The van der Waals surface area contributed by atoms with Crippen molar-refractivity contribution in [3.8, 4) is 6.07 Å². The molecule has 114 valence electrons. The molecule has 0 saturated heterocycles. The first-order valence-corrected chi connectivity index (χ1v) is 7.32. The van der Waals surface area contributed by atoms with Gasteiger partial charge in [-0.2, -0.15) is 5.26 Å². The lowest BCUT2D eigenvalue weighted by molar-refractivity contribution is 0.0696. The minimum absolute atomic E-state index is 0.154. The average molecular weight is 318 g/mol. The fraction of sp³-hybridized carbons (Fsp3) is 0.333. The third kappa shape index (κ3) is 3.96. The fourth-order valence-corrected chi connectivity index (χ4v) is 2.98. The molecular formula is C12H12F2N2O4S. The second kappa shape index (κ2) is 6.60. The van der Waals surface area contributed by atoms with Gasteiger partial charge in [-0.25, -0.2) is 26.7 Å². The minimum Gasteiger partial charge on any atom is -0.478 e. The van der Waals surface area contributed by atoms with Gasteiger partial charge < -0.3 is 5.11 Å². The number of carboxylic acids is 1. The van der Waals surface area contributed by atoms with Gasteiger partial charge in [0.1, 0.15) is 4.90 Å². The maximum absolute atomic E-state index is 13.6. The van der Waals surface area contributed by atoms with E-state index < -0.39 is 44.1 Å². The Morgan fingerprint density at radius 1 is 1.48 bits per heavy atom. The molecule has 0 aromatic heterocycles. The zero-order valence-corrected chi connectivity index (χ0v) is 11.7. The molecule has 0 aliphatic carbocycles. The first kappa shape index (κ1) is 17.0. The molecule has 1 rings (SSSR count). The van der Waals surface area contributed by atoms with Gasteiger partial charge in [0.15, 0.2) is 11.6 Å². The van der Waals surface area contributed by atoms with Crippen molar-refractivity contribution in [3.05, 3.63) is 29.3 Å². The van der Waals surface area contributed by atoms with Crippen LogP contribution in [-0.4, -0.2) is 25.5 Å². The monoisotopic (exact) mass is 318 g/mol. The lowest BCUT2D eigenvalue weighted by atomic mass is 10.2. The third-order valence-electron chi connectivity index (χ3n) is 2.68. The molecule has 0 fully saturated rings.